The van der Waals surface area contributed by atoms with E-state index in [0.29, 0.717) is 22.8 Å². The molecule has 0 unspecified atom stereocenters. The number of urea groups is 1. The van der Waals surface area contributed by atoms with E-state index in [1.54, 1.807) is 12.1 Å². The minimum atomic E-state index is -0.290. The number of rotatable bonds is 8. The van der Waals surface area contributed by atoms with Gasteiger partial charge in [0.15, 0.2) is 0 Å². The Bertz CT molecular complexity index is 911. The second-order valence-corrected chi connectivity index (χ2v) is 8.24. The van der Waals surface area contributed by atoms with Crippen LogP contribution in [0.5, 0.6) is 0 Å². The number of benzene rings is 1. The van der Waals surface area contributed by atoms with Crippen LogP contribution in [0.2, 0.25) is 0 Å². The molecule has 7 nitrogen and oxygen atoms in total. The molecule has 1 fully saturated rings. The zero-order valence-electron chi connectivity index (χ0n) is 17.2. The third kappa shape index (κ3) is 6.05. The largest absolute Gasteiger partial charge is 0.338 e. The fourth-order valence-electron chi connectivity index (χ4n) is 3.53. The van der Waals surface area contributed by atoms with E-state index in [-0.39, 0.29) is 11.9 Å². The van der Waals surface area contributed by atoms with Crippen molar-refractivity contribution in [1.82, 2.24) is 10.2 Å². The Hall–Kier alpha value is -2.89. The molecule has 1 aliphatic heterocycles. The van der Waals surface area contributed by atoms with Crippen molar-refractivity contribution in [3.8, 4) is 17.2 Å². The number of unbranched alkanes of at least 4 members (excludes halogenated alkanes) is 1. The summed E-state index contributed by atoms with van der Waals surface area (Å²) >= 11 is 1.33. The monoisotopic (exact) mass is 425 g/mol. The number of nitrogens with one attached hydrogen (secondary N) is 3. The van der Waals surface area contributed by atoms with E-state index in [4.69, 9.17) is 0 Å². The Balaban J connectivity index is 1.51. The van der Waals surface area contributed by atoms with Crippen molar-refractivity contribution in [3.63, 3.8) is 0 Å². The van der Waals surface area contributed by atoms with Gasteiger partial charge < -0.3 is 15.5 Å². The van der Waals surface area contributed by atoms with Crippen LogP contribution in [0.4, 0.5) is 15.5 Å². The van der Waals surface area contributed by atoms with Gasteiger partial charge in [0.2, 0.25) is 5.91 Å². The molecule has 158 valence electrons. The molecular weight excluding hydrogens is 398 g/mol. The fourth-order valence-corrected chi connectivity index (χ4v) is 4.44. The zero-order valence-corrected chi connectivity index (χ0v) is 18.0. The maximum absolute atomic E-state index is 12.2. The third-order valence-electron chi connectivity index (χ3n) is 5.03. The van der Waals surface area contributed by atoms with Gasteiger partial charge in [-0.1, -0.05) is 12.1 Å². The van der Waals surface area contributed by atoms with Crippen molar-refractivity contribution in [2.75, 3.05) is 36.8 Å². The van der Waals surface area contributed by atoms with Crippen LogP contribution in [0, 0.1) is 11.3 Å². The van der Waals surface area contributed by atoms with Crippen molar-refractivity contribution in [3.05, 3.63) is 35.2 Å². The lowest BCUT2D eigenvalue weighted by Gasteiger charge is -2.14. The number of likely N-dealkylation sites (tertiary alicyclic amines) is 1. The first-order valence-electron chi connectivity index (χ1n) is 10.2. The summed E-state index contributed by atoms with van der Waals surface area (Å²) < 4.78 is 0. The van der Waals surface area contributed by atoms with Crippen LogP contribution in [-0.2, 0) is 4.79 Å². The minimum absolute atomic E-state index is 0.135. The number of nitriles is 1. The van der Waals surface area contributed by atoms with Crippen molar-refractivity contribution in [2.45, 2.75) is 32.6 Å². The van der Waals surface area contributed by atoms with Crippen LogP contribution in [0.15, 0.2) is 29.6 Å². The molecule has 3 amide bonds. The molecular formula is C22H27N5O2S. The smallest absolute Gasteiger partial charge is 0.319 e. The molecule has 1 aromatic heterocycles. The number of hydrogen-bond acceptors (Lipinski definition) is 5. The van der Waals surface area contributed by atoms with Crippen LogP contribution < -0.4 is 16.0 Å². The highest BCUT2D eigenvalue weighted by molar-refractivity contribution is 7.15. The molecule has 1 saturated heterocycles. The van der Waals surface area contributed by atoms with Crippen LogP contribution in [-0.4, -0.2) is 43.0 Å². The topological polar surface area (TPSA) is 97.3 Å². The highest BCUT2D eigenvalue weighted by Gasteiger charge is 2.15. The highest BCUT2D eigenvalue weighted by Crippen LogP contribution is 2.35. The summed E-state index contributed by atoms with van der Waals surface area (Å²) in [7, 11) is 0. The predicted octanol–water partition coefficient (Wildman–Crippen LogP) is 4.24. The average molecular weight is 426 g/mol. The number of thiophene rings is 1. The number of amides is 3. The second-order valence-electron chi connectivity index (χ2n) is 7.36. The Morgan fingerprint density at radius 2 is 1.87 bits per heavy atom. The molecule has 0 radical (unpaired) electrons. The standard InChI is InChI=1S/C22H27N5O2S/c1-16(28)25-18-8-6-17(7-9-18)20-15-30-21(19(20)14-23)26-22(29)24-10-2-3-11-27-12-4-5-13-27/h6-9,15H,2-5,10-13H2,1H3,(H,25,28)(H2,24,26,29). The van der Waals surface area contributed by atoms with E-state index in [1.807, 2.05) is 17.5 Å². The van der Waals surface area contributed by atoms with Gasteiger partial charge in [-0.15, -0.1) is 11.3 Å². The lowest BCUT2D eigenvalue weighted by molar-refractivity contribution is -0.114. The molecule has 2 aromatic rings. The lowest BCUT2D eigenvalue weighted by atomic mass is 10.0. The van der Waals surface area contributed by atoms with E-state index in [2.05, 4.69) is 26.9 Å². The second kappa shape index (κ2) is 10.8. The van der Waals surface area contributed by atoms with Crippen LogP contribution in [0.25, 0.3) is 11.1 Å². The lowest BCUT2D eigenvalue weighted by Crippen LogP contribution is -2.30. The van der Waals surface area contributed by atoms with Gasteiger partial charge >= 0.3 is 6.03 Å². The molecule has 30 heavy (non-hydrogen) atoms. The average Bonchev–Trinajstić information content (AvgIpc) is 3.37. The van der Waals surface area contributed by atoms with Crippen LogP contribution in [0.3, 0.4) is 0 Å². The molecule has 3 N–H and O–H groups in total. The van der Waals surface area contributed by atoms with Gasteiger partial charge in [0, 0.05) is 30.1 Å². The molecule has 0 bridgehead atoms. The van der Waals surface area contributed by atoms with Crippen molar-refractivity contribution >= 4 is 34.0 Å². The first kappa shape index (κ1) is 21.8. The van der Waals surface area contributed by atoms with Gasteiger partial charge in [0.05, 0.1) is 5.56 Å². The van der Waals surface area contributed by atoms with Crippen LogP contribution >= 0.6 is 11.3 Å². The summed E-state index contributed by atoms with van der Waals surface area (Å²) in [5.41, 5.74) is 2.75. The quantitative estimate of drug-likeness (QED) is 0.551. The van der Waals surface area contributed by atoms with E-state index in [0.717, 1.165) is 30.5 Å². The Labute approximate surface area is 181 Å². The molecule has 3 rings (SSSR count). The van der Waals surface area contributed by atoms with Gasteiger partial charge in [-0.05, 0) is 63.0 Å². The molecule has 0 saturated carbocycles. The van der Waals surface area contributed by atoms with Crippen LogP contribution in [0.1, 0.15) is 38.2 Å². The first-order valence-corrected chi connectivity index (χ1v) is 11.1. The molecule has 1 aliphatic rings. The highest BCUT2D eigenvalue weighted by atomic mass is 32.1. The predicted molar refractivity (Wildman–Crippen MR) is 121 cm³/mol. The summed E-state index contributed by atoms with van der Waals surface area (Å²) in [6.45, 7) is 5.56. The summed E-state index contributed by atoms with van der Waals surface area (Å²) in [5.74, 6) is -0.135. The summed E-state index contributed by atoms with van der Waals surface area (Å²) in [5, 5.41) is 20.4. The minimum Gasteiger partial charge on any atom is -0.338 e. The van der Waals surface area contributed by atoms with Crippen molar-refractivity contribution < 1.29 is 9.59 Å². The van der Waals surface area contributed by atoms with Gasteiger partial charge in [-0.25, -0.2) is 4.79 Å². The number of anilines is 2. The Morgan fingerprint density at radius 3 is 2.53 bits per heavy atom. The summed E-state index contributed by atoms with van der Waals surface area (Å²) in [6, 6.07) is 9.18. The van der Waals surface area contributed by atoms with Gasteiger partial charge in [-0.3, -0.25) is 10.1 Å². The number of nitrogens with zero attached hydrogens (tertiary/aromatic N) is 2. The summed E-state index contributed by atoms with van der Waals surface area (Å²) in [6.07, 6.45) is 4.60. The third-order valence-corrected chi connectivity index (χ3v) is 5.93. The Morgan fingerprint density at radius 1 is 1.13 bits per heavy atom. The van der Waals surface area contributed by atoms with Gasteiger partial charge in [0.25, 0.3) is 0 Å². The van der Waals surface area contributed by atoms with E-state index in [9.17, 15) is 14.9 Å². The SMILES string of the molecule is CC(=O)Nc1ccc(-c2csc(NC(=O)NCCCCN3CCCC3)c2C#N)cc1. The van der Waals surface area contributed by atoms with Crippen molar-refractivity contribution in [1.29, 1.82) is 5.26 Å². The maximum atomic E-state index is 12.2. The zero-order chi connectivity index (χ0) is 21.3. The van der Waals surface area contributed by atoms with Gasteiger partial charge in [0.1, 0.15) is 11.1 Å². The molecule has 2 heterocycles. The maximum Gasteiger partial charge on any atom is 0.319 e. The summed E-state index contributed by atoms with van der Waals surface area (Å²) in [4.78, 5) is 25.8. The van der Waals surface area contributed by atoms with E-state index >= 15 is 0 Å². The normalized spacial score (nSPS) is 13.6. The molecule has 1 aromatic carbocycles. The number of carbonyl (C=O) groups is 2. The molecule has 0 spiro atoms. The number of hydrogen-bond donors (Lipinski definition) is 3. The van der Waals surface area contributed by atoms with Crippen molar-refractivity contribution in [2.24, 2.45) is 0 Å². The Kier molecular flexibility index (Phi) is 7.82. The fraction of sp³-hybridized carbons (Fsp3) is 0.409. The van der Waals surface area contributed by atoms with Gasteiger partial charge in [-0.2, -0.15) is 5.26 Å². The molecule has 0 atom stereocenters. The molecule has 0 aliphatic carbocycles. The first-order chi connectivity index (χ1) is 14.6. The molecule has 8 heteroatoms. The number of carbonyl (C=O) groups excluding carboxylic acids is 2. The van der Waals surface area contributed by atoms with E-state index < -0.39 is 0 Å². The van der Waals surface area contributed by atoms with E-state index in [1.165, 1.54) is 44.2 Å².